The molecule has 9 heteroatoms. The summed E-state index contributed by atoms with van der Waals surface area (Å²) in [5.74, 6) is 0. The molecule has 0 aromatic heterocycles. The van der Waals surface area contributed by atoms with Gasteiger partial charge in [-0.15, -0.1) is 0 Å². The van der Waals surface area contributed by atoms with E-state index in [0.717, 1.165) is 51.9 Å². The Balaban J connectivity index is 1.31. The zero-order valence-electron chi connectivity index (χ0n) is 38.0. The number of benzene rings is 10. The molecule has 2 radical (unpaired) electrons. The maximum Gasteiger partial charge on any atom is 0.390 e. The van der Waals surface area contributed by atoms with Gasteiger partial charge in [0.05, 0.1) is 0 Å². The Bertz CT molecular complexity index is 2720. The molecule has 0 bridgehead atoms. The number of rotatable bonds is 18. The largest absolute Gasteiger partial charge is 0.422 e. The molecule has 0 aliphatic heterocycles. The van der Waals surface area contributed by atoms with Crippen molar-refractivity contribution in [3.8, 4) is 0 Å². The van der Waals surface area contributed by atoms with Crippen molar-refractivity contribution < 1.29 is 16.5 Å². The SMILES string of the molecule is c1ccc([Si](O[Si](O[Si](O[Si](O[Si](c2ccccc2)c2ccccc2)(c2ccccc2)c2ccccc2)(c2ccccc2)c2ccccc2)(c2ccccc2)c2ccccc2)c2ccccc2)cc1. The highest BCUT2D eigenvalue weighted by Crippen LogP contribution is 2.26. The molecule has 10 aromatic rings. The molecule has 0 saturated heterocycles. The van der Waals surface area contributed by atoms with Crippen molar-refractivity contribution in [2.24, 2.45) is 0 Å². The molecule has 334 valence electrons. The van der Waals surface area contributed by atoms with Crippen molar-refractivity contribution in [1.82, 2.24) is 0 Å². The van der Waals surface area contributed by atoms with Crippen molar-refractivity contribution in [2.45, 2.75) is 0 Å². The molecule has 0 spiro atoms. The molecule has 0 amide bonds. The van der Waals surface area contributed by atoms with E-state index in [-0.39, 0.29) is 0 Å². The third-order valence-electron chi connectivity index (χ3n) is 12.1. The van der Waals surface area contributed by atoms with Crippen molar-refractivity contribution in [3.63, 3.8) is 0 Å². The first kappa shape index (κ1) is 45.9. The molecular formula is C60H50O4Si5. The Morgan fingerprint density at radius 3 is 0.536 bits per heavy atom. The number of hydrogen-bond acceptors (Lipinski definition) is 4. The Labute approximate surface area is 412 Å². The van der Waals surface area contributed by atoms with E-state index in [1.54, 1.807) is 0 Å². The lowest BCUT2D eigenvalue weighted by Gasteiger charge is -2.47. The van der Waals surface area contributed by atoms with Crippen LogP contribution in [0.3, 0.4) is 0 Å². The summed E-state index contributed by atoms with van der Waals surface area (Å²) in [5, 5.41) is 10.3. The summed E-state index contributed by atoms with van der Waals surface area (Å²) >= 11 is 0. The van der Waals surface area contributed by atoms with Crippen LogP contribution in [0.15, 0.2) is 303 Å². The Morgan fingerprint density at radius 1 is 0.188 bits per heavy atom. The molecule has 10 aromatic carbocycles. The minimum Gasteiger partial charge on any atom is -0.422 e. The van der Waals surface area contributed by atoms with Crippen LogP contribution in [-0.4, -0.2) is 43.8 Å². The first-order valence-electron chi connectivity index (χ1n) is 23.2. The quantitative estimate of drug-likeness (QED) is 0.0931. The lowest BCUT2D eigenvalue weighted by molar-refractivity contribution is 0.334. The van der Waals surface area contributed by atoms with Crippen LogP contribution in [0, 0.1) is 0 Å². The summed E-state index contributed by atoms with van der Waals surface area (Å²) in [6, 6.07) is 106. The zero-order chi connectivity index (χ0) is 46.6. The van der Waals surface area contributed by atoms with Crippen molar-refractivity contribution >= 4 is 95.6 Å². The van der Waals surface area contributed by atoms with Gasteiger partial charge in [0.2, 0.25) is 0 Å². The molecule has 10 rings (SSSR count). The van der Waals surface area contributed by atoms with Gasteiger partial charge < -0.3 is 16.5 Å². The molecule has 0 aliphatic carbocycles. The summed E-state index contributed by atoms with van der Waals surface area (Å²) < 4.78 is 34.1. The zero-order valence-corrected chi connectivity index (χ0v) is 43.0. The summed E-state index contributed by atoms with van der Waals surface area (Å²) in [4.78, 5) is 0. The van der Waals surface area contributed by atoms with E-state index in [0.29, 0.717) is 0 Å². The molecular weight excluding hydrogens is 925 g/mol. The van der Waals surface area contributed by atoms with Crippen molar-refractivity contribution in [3.05, 3.63) is 303 Å². The predicted octanol–water partition coefficient (Wildman–Crippen LogP) is 6.43. The molecule has 0 unspecified atom stereocenters. The van der Waals surface area contributed by atoms with E-state index in [9.17, 15) is 0 Å². The molecule has 4 nitrogen and oxygen atoms in total. The van der Waals surface area contributed by atoms with Crippen LogP contribution in [0.5, 0.6) is 0 Å². The minimum absolute atomic E-state index is 0.942. The fourth-order valence-electron chi connectivity index (χ4n) is 8.83. The topological polar surface area (TPSA) is 36.9 Å². The summed E-state index contributed by atoms with van der Waals surface area (Å²) in [5.41, 5.74) is 0. The van der Waals surface area contributed by atoms with Gasteiger partial charge in [0.1, 0.15) is 0 Å². The van der Waals surface area contributed by atoms with Gasteiger partial charge in [-0.1, -0.05) is 303 Å². The van der Waals surface area contributed by atoms with Crippen LogP contribution in [-0.2, 0) is 16.5 Å². The molecule has 0 atom stereocenters. The second-order valence-corrected chi connectivity index (χ2v) is 30.6. The highest BCUT2D eigenvalue weighted by molar-refractivity contribution is 7.12. The lowest BCUT2D eigenvalue weighted by atomic mass is 10.4. The van der Waals surface area contributed by atoms with Crippen LogP contribution < -0.4 is 51.9 Å². The van der Waals surface area contributed by atoms with Crippen LogP contribution in [0.2, 0.25) is 0 Å². The van der Waals surface area contributed by atoms with Gasteiger partial charge in [0, 0.05) is 0 Å². The lowest BCUT2D eigenvalue weighted by Crippen LogP contribution is -2.82. The maximum absolute atomic E-state index is 8.76. The van der Waals surface area contributed by atoms with Gasteiger partial charge >= 0.3 is 25.7 Å². The first-order chi connectivity index (χ1) is 34.2. The Hall–Kier alpha value is -6.88. The van der Waals surface area contributed by atoms with Crippen molar-refractivity contribution in [2.75, 3.05) is 0 Å². The molecule has 0 N–H and O–H groups in total. The molecule has 69 heavy (non-hydrogen) atoms. The minimum atomic E-state index is -4.18. The average molecular weight is 975 g/mol. The van der Waals surface area contributed by atoms with Gasteiger partial charge in [0.15, 0.2) is 0 Å². The normalized spacial score (nSPS) is 12.0. The van der Waals surface area contributed by atoms with E-state index in [1.807, 2.05) is 0 Å². The third kappa shape index (κ3) is 9.87. The Morgan fingerprint density at radius 2 is 0.348 bits per heavy atom. The van der Waals surface area contributed by atoms with E-state index >= 15 is 0 Å². The Kier molecular flexibility index (Phi) is 14.4. The summed E-state index contributed by atoms with van der Waals surface area (Å²) in [7, 11) is -16.2. The monoisotopic (exact) mass is 974 g/mol. The third-order valence-corrected chi connectivity index (χ3v) is 30.7. The van der Waals surface area contributed by atoms with Crippen LogP contribution >= 0.6 is 0 Å². The van der Waals surface area contributed by atoms with E-state index in [4.69, 9.17) is 16.5 Å². The highest BCUT2D eigenvalue weighted by Gasteiger charge is 2.61. The molecule has 0 saturated carbocycles. The predicted molar refractivity (Wildman–Crippen MR) is 294 cm³/mol. The van der Waals surface area contributed by atoms with Gasteiger partial charge in [-0.3, -0.25) is 0 Å². The van der Waals surface area contributed by atoms with E-state index in [1.165, 1.54) is 0 Å². The van der Waals surface area contributed by atoms with Gasteiger partial charge in [-0.25, -0.2) is 0 Å². The van der Waals surface area contributed by atoms with E-state index in [2.05, 4.69) is 303 Å². The van der Waals surface area contributed by atoms with Crippen LogP contribution in [0.1, 0.15) is 0 Å². The second-order valence-electron chi connectivity index (χ2n) is 16.6. The average Bonchev–Trinajstić information content (AvgIpc) is 3.45. The van der Waals surface area contributed by atoms with Gasteiger partial charge in [-0.05, 0) is 51.9 Å². The van der Waals surface area contributed by atoms with Crippen LogP contribution in [0.25, 0.3) is 0 Å². The standard InChI is InChI=1S/C60H50O4Si5/c1-11-31-51(32-12-1)65(52-33-13-2-14-34-52)61-67(55-39-19-5-20-40-55,56-41-21-6-22-42-56)63-69(59-47-27-9-28-48-59,60-49-29-10-30-50-60)64-68(57-43-23-7-24-44-57,58-45-25-8-26-46-58)62-66(53-35-15-3-16-36-53)54-37-17-4-18-38-54/h1-50H. The fraction of sp³-hybridized carbons (Fsp3) is 0. The smallest absolute Gasteiger partial charge is 0.390 e. The molecule has 0 aliphatic rings. The second kappa shape index (κ2) is 21.6. The van der Waals surface area contributed by atoms with E-state index < -0.39 is 43.8 Å². The van der Waals surface area contributed by atoms with Crippen LogP contribution in [0.4, 0.5) is 0 Å². The number of hydrogen-bond donors (Lipinski definition) is 0. The highest BCUT2D eigenvalue weighted by atomic mass is 28.5. The summed E-state index contributed by atoms with van der Waals surface area (Å²) in [6.45, 7) is 0. The van der Waals surface area contributed by atoms with Gasteiger partial charge in [0.25, 0.3) is 18.1 Å². The fourth-order valence-corrected chi connectivity index (χ4v) is 31.0. The van der Waals surface area contributed by atoms with Crippen molar-refractivity contribution in [1.29, 1.82) is 0 Å². The molecule has 0 heterocycles. The maximum atomic E-state index is 8.76. The van der Waals surface area contributed by atoms with Gasteiger partial charge in [-0.2, -0.15) is 0 Å². The summed E-state index contributed by atoms with van der Waals surface area (Å²) in [6.07, 6.45) is 0. The first-order valence-corrected chi connectivity index (χ1v) is 31.5. The molecule has 0 fully saturated rings.